The lowest BCUT2D eigenvalue weighted by atomic mass is 9.67. The fourth-order valence-electron chi connectivity index (χ4n) is 2.87. The quantitative estimate of drug-likeness (QED) is 0.818. The molecule has 1 fully saturated rings. The summed E-state index contributed by atoms with van der Waals surface area (Å²) >= 11 is 0. The van der Waals surface area contributed by atoms with Crippen molar-refractivity contribution in [3.63, 3.8) is 0 Å². The summed E-state index contributed by atoms with van der Waals surface area (Å²) in [6, 6.07) is 7.96. The lowest BCUT2D eigenvalue weighted by Gasteiger charge is -2.41. The summed E-state index contributed by atoms with van der Waals surface area (Å²) in [5, 5.41) is 16.4. The van der Waals surface area contributed by atoms with Crippen LogP contribution in [0.1, 0.15) is 25.7 Å². The Balaban J connectivity index is 1.66. The molecule has 2 aromatic rings. The maximum atomic E-state index is 9.18. The molecule has 0 aliphatic heterocycles. The Morgan fingerprint density at radius 3 is 2.95 bits per heavy atom. The van der Waals surface area contributed by atoms with Gasteiger partial charge in [-0.25, -0.2) is 0 Å². The smallest absolute Gasteiger partial charge is 0.321 e. The maximum absolute atomic E-state index is 9.18. The number of hydrogen-bond donors (Lipinski definition) is 2. The summed E-state index contributed by atoms with van der Waals surface area (Å²) < 4.78 is 10.5. The first-order valence-electron chi connectivity index (χ1n) is 7.58. The number of aliphatic hydroxyl groups is 1. The van der Waals surface area contributed by atoms with Crippen LogP contribution in [0.15, 0.2) is 28.8 Å². The van der Waals surface area contributed by atoms with E-state index in [0.29, 0.717) is 11.8 Å². The number of aliphatic hydroxyl groups excluding tert-OH is 1. The zero-order valence-corrected chi connectivity index (χ0v) is 12.7. The molecular formula is C16H21N3O3. The van der Waals surface area contributed by atoms with Crippen molar-refractivity contribution in [2.75, 3.05) is 25.6 Å². The fraction of sp³-hybridized carbons (Fsp3) is 0.500. The monoisotopic (exact) mass is 303 g/mol. The molecule has 0 spiro atoms. The third-order valence-corrected chi connectivity index (χ3v) is 4.42. The minimum absolute atomic E-state index is 0.180. The third-order valence-electron chi connectivity index (χ3n) is 4.42. The van der Waals surface area contributed by atoms with Gasteiger partial charge in [-0.1, -0.05) is 23.7 Å². The van der Waals surface area contributed by atoms with Crippen LogP contribution < -0.4 is 10.1 Å². The van der Waals surface area contributed by atoms with E-state index < -0.39 is 0 Å². The summed E-state index contributed by atoms with van der Waals surface area (Å²) in [6.07, 6.45) is 4.31. The van der Waals surface area contributed by atoms with Crippen LogP contribution in [-0.2, 0) is 0 Å². The number of anilines is 1. The normalized spacial score (nSPS) is 16.1. The van der Waals surface area contributed by atoms with Crippen LogP contribution in [0.4, 0.5) is 6.01 Å². The summed E-state index contributed by atoms with van der Waals surface area (Å²) in [6.45, 7) is 0.980. The zero-order valence-electron chi connectivity index (χ0n) is 12.7. The van der Waals surface area contributed by atoms with Crippen molar-refractivity contribution in [1.82, 2.24) is 10.1 Å². The Bertz CT molecular complexity index is 623. The predicted octanol–water partition coefficient (Wildman–Crippen LogP) is 2.71. The molecule has 3 rings (SSSR count). The third kappa shape index (κ3) is 3.06. The molecule has 1 heterocycles. The largest absolute Gasteiger partial charge is 0.497 e. The number of rotatable bonds is 7. The van der Waals surface area contributed by atoms with Crippen molar-refractivity contribution in [1.29, 1.82) is 0 Å². The highest BCUT2D eigenvalue weighted by Crippen LogP contribution is 2.43. The molecule has 1 aromatic carbocycles. The summed E-state index contributed by atoms with van der Waals surface area (Å²) in [5.74, 6) is 1.29. The first-order chi connectivity index (χ1) is 10.7. The molecule has 0 radical (unpaired) electrons. The number of benzene rings is 1. The molecule has 0 unspecified atom stereocenters. The number of nitrogens with one attached hydrogen (secondary N) is 1. The predicted molar refractivity (Wildman–Crippen MR) is 82.8 cm³/mol. The Hall–Kier alpha value is -2.08. The van der Waals surface area contributed by atoms with Crippen molar-refractivity contribution < 1.29 is 14.4 Å². The van der Waals surface area contributed by atoms with Gasteiger partial charge in [0.25, 0.3) is 0 Å². The van der Waals surface area contributed by atoms with E-state index in [9.17, 15) is 5.11 Å². The molecule has 0 bridgehead atoms. The second-order valence-corrected chi connectivity index (χ2v) is 5.84. The molecule has 0 amide bonds. The van der Waals surface area contributed by atoms with E-state index in [1.165, 1.54) is 6.42 Å². The van der Waals surface area contributed by atoms with Crippen LogP contribution in [0.5, 0.6) is 5.75 Å². The standard InChI is InChI=1S/C16H21N3O3/c1-21-13-5-2-4-12(10-13)14-18-15(22-19-14)17-11-16(8-9-20)6-3-7-16/h2,4-5,10,20H,3,6-9,11H2,1H3,(H,17,18,19). The fourth-order valence-corrected chi connectivity index (χ4v) is 2.87. The molecule has 22 heavy (non-hydrogen) atoms. The first kappa shape index (κ1) is 14.8. The second-order valence-electron chi connectivity index (χ2n) is 5.84. The van der Waals surface area contributed by atoms with E-state index in [-0.39, 0.29) is 12.0 Å². The molecular weight excluding hydrogens is 282 g/mol. The van der Waals surface area contributed by atoms with Gasteiger partial charge in [-0.15, -0.1) is 0 Å². The molecule has 2 N–H and O–H groups in total. The van der Waals surface area contributed by atoms with Crippen LogP contribution in [0.3, 0.4) is 0 Å². The Morgan fingerprint density at radius 2 is 2.27 bits per heavy atom. The lowest BCUT2D eigenvalue weighted by molar-refractivity contribution is 0.101. The molecule has 1 aliphatic rings. The number of aromatic nitrogens is 2. The van der Waals surface area contributed by atoms with Gasteiger partial charge < -0.3 is 19.7 Å². The van der Waals surface area contributed by atoms with Gasteiger partial charge >= 0.3 is 6.01 Å². The van der Waals surface area contributed by atoms with Gasteiger partial charge in [0.15, 0.2) is 0 Å². The van der Waals surface area contributed by atoms with Crippen molar-refractivity contribution in [2.24, 2.45) is 5.41 Å². The Morgan fingerprint density at radius 1 is 1.41 bits per heavy atom. The van der Waals surface area contributed by atoms with Gasteiger partial charge in [0.2, 0.25) is 5.82 Å². The summed E-state index contributed by atoms with van der Waals surface area (Å²) in [7, 11) is 1.63. The van der Waals surface area contributed by atoms with Crippen LogP contribution >= 0.6 is 0 Å². The average molecular weight is 303 g/mol. The van der Waals surface area contributed by atoms with E-state index in [4.69, 9.17) is 9.26 Å². The van der Waals surface area contributed by atoms with Gasteiger partial charge in [-0.3, -0.25) is 0 Å². The van der Waals surface area contributed by atoms with Crippen molar-refractivity contribution in [2.45, 2.75) is 25.7 Å². The van der Waals surface area contributed by atoms with E-state index in [1.807, 2.05) is 24.3 Å². The van der Waals surface area contributed by atoms with E-state index in [1.54, 1.807) is 7.11 Å². The number of nitrogens with zero attached hydrogens (tertiary/aromatic N) is 2. The molecule has 0 atom stereocenters. The van der Waals surface area contributed by atoms with Crippen LogP contribution in [0.25, 0.3) is 11.4 Å². The molecule has 6 nitrogen and oxygen atoms in total. The summed E-state index contributed by atoms with van der Waals surface area (Å²) in [5.41, 5.74) is 1.03. The highest BCUT2D eigenvalue weighted by Gasteiger charge is 2.36. The molecule has 1 saturated carbocycles. The SMILES string of the molecule is COc1cccc(-c2noc(NCC3(CCO)CCC3)n2)c1. The topological polar surface area (TPSA) is 80.4 Å². The highest BCUT2D eigenvalue weighted by atomic mass is 16.5. The van der Waals surface area contributed by atoms with E-state index >= 15 is 0 Å². The molecule has 6 heteroatoms. The van der Waals surface area contributed by atoms with Gasteiger partial charge in [-0.05, 0) is 36.8 Å². The molecule has 1 aliphatic carbocycles. The first-order valence-corrected chi connectivity index (χ1v) is 7.58. The molecule has 118 valence electrons. The van der Waals surface area contributed by atoms with Crippen molar-refractivity contribution >= 4 is 6.01 Å². The minimum atomic E-state index is 0.180. The van der Waals surface area contributed by atoms with Crippen molar-refractivity contribution in [3.05, 3.63) is 24.3 Å². The second kappa shape index (κ2) is 6.36. The van der Waals surface area contributed by atoms with Crippen molar-refractivity contribution in [3.8, 4) is 17.1 Å². The average Bonchev–Trinajstić information content (AvgIpc) is 2.99. The Labute approximate surface area is 129 Å². The Kier molecular flexibility index (Phi) is 4.29. The zero-order chi connectivity index (χ0) is 15.4. The van der Waals surface area contributed by atoms with Gasteiger partial charge in [-0.2, -0.15) is 4.98 Å². The highest BCUT2D eigenvalue weighted by molar-refractivity contribution is 5.57. The number of methoxy groups -OCH3 is 1. The van der Waals surface area contributed by atoms with Crippen LogP contribution in [0.2, 0.25) is 0 Å². The summed E-state index contributed by atoms with van der Waals surface area (Å²) in [4.78, 5) is 4.37. The lowest BCUT2D eigenvalue weighted by Crippen LogP contribution is -2.37. The van der Waals surface area contributed by atoms with Crippen LogP contribution in [0, 0.1) is 5.41 Å². The molecule has 1 aromatic heterocycles. The number of hydrogen-bond acceptors (Lipinski definition) is 6. The van der Waals surface area contributed by atoms with Gasteiger partial charge in [0.1, 0.15) is 5.75 Å². The van der Waals surface area contributed by atoms with E-state index in [2.05, 4.69) is 15.5 Å². The van der Waals surface area contributed by atoms with Crippen LogP contribution in [-0.4, -0.2) is 35.5 Å². The number of ether oxygens (including phenoxy) is 1. The molecule has 0 saturated heterocycles. The van der Waals surface area contributed by atoms with E-state index in [0.717, 1.165) is 37.1 Å². The van der Waals surface area contributed by atoms with Gasteiger partial charge in [0.05, 0.1) is 7.11 Å². The maximum Gasteiger partial charge on any atom is 0.321 e. The van der Waals surface area contributed by atoms with Gasteiger partial charge in [0, 0.05) is 18.7 Å². The minimum Gasteiger partial charge on any atom is -0.497 e.